The first-order chi connectivity index (χ1) is 9.66. The van der Waals surface area contributed by atoms with E-state index in [1.54, 1.807) is 0 Å². The summed E-state index contributed by atoms with van der Waals surface area (Å²) in [6, 6.07) is 0. The quantitative estimate of drug-likeness (QED) is 0.423. The number of nitrogens with two attached hydrogens (primary N) is 1. The Kier molecular flexibility index (Phi) is 13.7. The van der Waals surface area contributed by atoms with Gasteiger partial charge in [0.25, 0.3) is 0 Å². The molecule has 0 rings (SSSR count). The first kappa shape index (κ1) is 19.0. The highest BCUT2D eigenvalue weighted by molar-refractivity contribution is 5.80. The van der Waals surface area contributed by atoms with Crippen molar-refractivity contribution in [3.05, 3.63) is 0 Å². The molecule has 0 aliphatic carbocycles. The van der Waals surface area contributed by atoms with E-state index in [2.05, 4.69) is 0 Å². The SMILES string of the molecule is CCOCCOCCOCCCC(=O)COCC(N)=O. The molecule has 7 nitrogen and oxygen atoms in total. The number of hydrogen-bond acceptors (Lipinski definition) is 6. The monoisotopic (exact) mass is 291 g/mol. The van der Waals surface area contributed by atoms with Gasteiger partial charge < -0.3 is 24.7 Å². The average molecular weight is 291 g/mol. The molecular formula is C13H25NO6. The van der Waals surface area contributed by atoms with E-state index >= 15 is 0 Å². The van der Waals surface area contributed by atoms with Crippen molar-refractivity contribution in [3.63, 3.8) is 0 Å². The van der Waals surface area contributed by atoms with Crippen molar-refractivity contribution < 1.29 is 28.5 Å². The van der Waals surface area contributed by atoms with Crippen LogP contribution < -0.4 is 5.73 Å². The largest absolute Gasteiger partial charge is 0.379 e. The predicted octanol–water partition coefficient (Wildman–Crippen LogP) is -0.0927. The van der Waals surface area contributed by atoms with Crippen LogP contribution in [0.25, 0.3) is 0 Å². The van der Waals surface area contributed by atoms with Gasteiger partial charge >= 0.3 is 0 Å². The summed E-state index contributed by atoms with van der Waals surface area (Å²) in [5.41, 5.74) is 4.87. The minimum Gasteiger partial charge on any atom is -0.379 e. The van der Waals surface area contributed by atoms with Crippen LogP contribution in [-0.4, -0.2) is 64.5 Å². The third-order valence-electron chi connectivity index (χ3n) is 2.20. The molecule has 0 aromatic heterocycles. The Hall–Kier alpha value is -1.02. The van der Waals surface area contributed by atoms with Crippen molar-refractivity contribution in [2.45, 2.75) is 19.8 Å². The van der Waals surface area contributed by atoms with Crippen LogP contribution >= 0.6 is 0 Å². The van der Waals surface area contributed by atoms with Crippen LogP contribution in [0.4, 0.5) is 0 Å². The number of carbonyl (C=O) groups is 2. The van der Waals surface area contributed by atoms with Gasteiger partial charge in [-0.05, 0) is 13.3 Å². The fourth-order valence-corrected chi connectivity index (χ4v) is 1.29. The molecule has 2 N–H and O–H groups in total. The molecular weight excluding hydrogens is 266 g/mol. The predicted molar refractivity (Wildman–Crippen MR) is 72.4 cm³/mol. The van der Waals surface area contributed by atoms with E-state index in [-0.39, 0.29) is 19.0 Å². The lowest BCUT2D eigenvalue weighted by atomic mass is 10.2. The van der Waals surface area contributed by atoms with Crippen LogP contribution in [0.5, 0.6) is 0 Å². The Morgan fingerprint density at radius 3 is 2.05 bits per heavy atom. The van der Waals surface area contributed by atoms with E-state index in [1.807, 2.05) is 6.92 Å². The molecule has 0 unspecified atom stereocenters. The van der Waals surface area contributed by atoms with E-state index < -0.39 is 5.91 Å². The number of ether oxygens (including phenoxy) is 4. The molecule has 0 heterocycles. The van der Waals surface area contributed by atoms with Gasteiger partial charge in [0.1, 0.15) is 13.2 Å². The Balaban J connectivity index is 3.15. The molecule has 0 fully saturated rings. The maximum absolute atomic E-state index is 11.3. The summed E-state index contributed by atoms with van der Waals surface area (Å²) in [5, 5.41) is 0. The number of rotatable bonds is 15. The molecule has 0 aliphatic rings. The normalized spacial score (nSPS) is 10.7. The molecule has 0 saturated heterocycles. The standard InChI is InChI=1S/C13H25NO6/c1-2-17-6-7-19-9-8-18-5-3-4-12(15)10-20-11-13(14)16/h2-11H2,1H3,(H2,14,16). The molecule has 7 heteroatoms. The second-order valence-electron chi connectivity index (χ2n) is 4.02. The van der Waals surface area contributed by atoms with Gasteiger partial charge in [-0.2, -0.15) is 0 Å². The molecule has 0 radical (unpaired) electrons. The van der Waals surface area contributed by atoms with Gasteiger partial charge in [0.15, 0.2) is 5.78 Å². The van der Waals surface area contributed by atoms with E-state index in [1.165, 1.54) is 0 Å². The van der Waals surface area contributed by atoms with E-state index in [9.17, 15) is 9.59 Å². The highest BCUT2D eigenvalue weighted by atomic mass is 16.5. The summed E-state index contributed by atoms with van der Waals surface area (Å²) < 4.78 is 20.5. The zero-order chi connectivity index (χ0) is 15.1. The number of amides is 1. The topological polar surface area (TPSA) is 97.1 Å². The first-order valence-electron chi connectivity index (χ1n) is 6.77. The maximum Gasteiger partial charge on any atom is 0.243 e. The van der Waals surface area contributed by atoms with Crippen molar-refractivity contribution in [1.82, 2.24) is 0 Å². The van der Waals surface area contributed by atoms with Crippen molar-refractivity contribution in [3.8, 4) is 0 Å². The molecule has 0 aromatic carbocycles. The molecule has 1 amide bonds. The minimum atomic E-state index is -0.578. The summed E-state index contributed by atoms with van der Waals surface area (Å²) in [7, 11) is 0. The smallest absolute Gasteiger partial charge is 0.243 e. The van der Waals surface area contributed by atoms with Crippen molar-refractivity contribution in [2.75, 3.05) is 52.9 Å². The molecule has 0 bridgehead atoms. The summed E-state index contributed by atoms with van der Waals surface area (Å²) >= 11 is 0. The van der Waals surface area contributed by atoms with Crippen molar-refractivity contribution >= 4 is 11.7 Å². The van der Waals surface area contributed by atoms with Gasteiger partial charge in [0, 0.05) is 19.6 Å². The molecule has 0 saturated carbocycles. The van der Waals surface area contributed by atoms with E-state index in [0.717, 1.165) is 0 Å². The van der Waals surface area contributed by atoms with Crippen LogP contribution in [0, 0.1) is 0 Å². The van der Waals surface area contributed by atoms with Crippen LogP contribution in [0.2, 0.25) is 0 Å². The minimum absolute atomic E-state index is 0.0668. The number of ketones is 1. The lowest BCUT2D eigenvalue weighted by Crippen LogP contribution is -2.21. The van der Waals surface area contributed by atoms with Crippen LogP contribution in [-0.2, 0) is 28.5 Å². The Labute approximate surface area is 119 Å². The van der Waals surface area contributed by atoms with E-state index in [0.29, 0.717) is 52.5 Å². The van der Waals surface area contributed by atoms with Gasteiger partial charge in [-0.1, -0.05) is 0 Å². The summed E-state index contributed by atoms with van der Waals surface area (Å²) in [4.78, 5) is 21.7. The van der Waals surface area contributed by atoms with Crippen molar-refractivity contribution in [2.24, 2.45) is 5.73 Å². The highest BCUT2D eigenvalue weighted by Crippen LogP contribution is 1.93. The third kappa shape index (κ3) is 15.0. The summed E-state index contributed by atoms with van der Waals surface area (Å²) in [6.07, 6.45) is 0.988. The summed E-state index contributed by atoms with van der Waals surface area (Å²) in [6.45, 7) is 4.99. The average Bonchev–Trinajstić information content (AvgIpc) is 2.40. The fraction of sp³-hybridized carbons (Fsp3) is 0.846. The molecule has 0 spiro atoms. The Morgan fingerprint density at radius 1 is 0.850 bits per heavy atom. The lowest BCUT2D eigenvalue weighted by Gasteiger charge is -2.06. The van der Waals surface area contributed by atoms with Crippen LogP contribution in [0.3, 0.4) is 0 Å². The number of carbonyl (C=O) groups excluding carboxylic acids is 2. The molecule has 118 valence electrons. The zero-order valence-electron chi connectivity index (χ0n) is 12.1. The lowest BCUT2D eigenvalue weighted by molar-refractivity contribution is -0.128. The number of Topliss-reactive ketones (excluding diaryl/α,β-unsaturated/α-hetero) is 1. The van der Waals surface area contributed by atoms with Crippen LogP contribution in [0.1, 0.15) is 19.8 Å². The van der Waals surface area contributed by atoms with E-state index in [4.69, 9.17) is 24.7 Å². The second kappa shape index (κ2) is 14.4. The Bertz CT molecular complexity index is 259. The fourth-order valence-electron chi connectivity index (χ4n) is 1.29. The first-order valence-corrected chi connectivity index (χ1v) is 6.77. The molecule has 20 heavy (non-hydrogen) atoms. The van der Waals surface area contributed by atoms with Gasteiger partial charge in [-0.25, -0.2) is 0 Å². The van der Waals surface area contributed by atoms with Crippen molar-refractivity contribution in [1.29, 1.82) is 0 Å². The molecule has 0 atom stereocenters. The summed E-state index contributed by atoms with van der Waals surface area (Å²) in [5.74, 6) is -0.645. The second-order valence-corrected chi connectivity index (χ2v) is 4.02. The highest BCUT2D eigenvalue weighted by Gasteiger charge is 2.03. The van der Waals surface area contributed by atoms with Crippen LogP contribution in [0.15, 0.2) is 0 Å². The zero-order valence-corrected chi connectivity index (χ0v) is 12.1. The molecule has 0 aliphatic heterocycles. The van der Waals surface area contributed by atoms with Gasteiger partial charge in [0.05, 0.1) is 26.4 Å². The molecule has 0 aromatic rings. The van der Waals surface area contributed by atoms with Gasteiger partial charge in [-0.15, -0.1) is 0 Å². The number of primary amides is 1. The Morgan fingerprint density at radius 2 is 1.45 bits per heavy atom. The van der Waals surface area contributed by atoms with Gasteiger partial charge in [0.2, 0.25) is 5.91 Å². The maximum atomic E-state index is 11.3. The van der Waals surface area contributed by atoms with Gasteiger partial charge in [-0.3, -0.25) is 9.59 Å². The number of hydrogen-bond donors (Lipinski definition) is 1. The third-order valence-corrected chi connectivity index (χ3v) is 2.20.